The Bertz CT molecular complexity index is 339. The highest BCUT2D eigenvalue weighted by molar-refractivity contribution is 5.40. The summed E-state index contributed by atoms with van der Waals surface area (Å²) in [5.74, 6) is 6.09. The van der Waals surface area contributed by atoms with E-state index in [1.165, 1.54) is 0 Å². The fourth-order valence-electron chi connectivity index (χ4n) is 2.10. The maximum Gasteiger partial charge on any atom is 0.128 e. The summed E-state index contributed by atoms with van der Waals surface area (Å²) >= 11 is 0. The van der Waals surface area contributed by atoms with Gasteiger partial charge in [0.25, 0.3) is 0 Å². The van der Waals surface area contributed by atoms with Gasteiger partial charge in [-0.05, 0) is 25.3 Å². The van der Waals surface area contributed by atoms with Crippen molar-refractivity contribution in [3.8, 4) is 0 Å². The SMILES string of the molecule is NNC(CC1CCCO1)c1cccnc1N. The molecule has 2 rings (SSSR count). The molecule has 0 bridgehead atoms. The van der Waals surface area contributed by atoms with Gasteiger partial charge in [-0.15, -0.1) is 0 Å². The van der Waals surface area contributed by atoms with Crippen molar-refractivity contribution in [1.29, 1.82) is 0 Å². The van der Waals surface area contributed by atoms with E-state index in [4.69, 9.17) is 16.3 Å². The largest absolute Gasteiger partial charge is 0.383 e. The van der Waals surface area contributed by atoms with Crippen LogP contribution in [-0.2, 0) is 4.74 Å². The van der Waals surface area contributed by atoms with Crippen LogP contribution in [0.4, 0.5) is 5.82 Å². The molecule has 88 valence electrons. The van der Waals surface area contributed by atoms with E-state index < -0.39 is 0 Å². The van der Waals surface area contributed by atoms with Crippen molar-refractivity contribution in [3.05, 3.63) is 23.9 Å². The topological polar surface area (TPSA) is 86.2 Å². The summed E-state index contributed by atoms with van der Waals surface area (Å²) in [5.41, 5.74) is 9.55. The predicted octanol–water partition coefficient (Wildman–Crippen LogP) is 0.737. The van der Waals surface area contributed by atoms with Crippen molar-refractivity contribution in [2.24, 2.45) is 5.84 Å². The molecule has 0 aliphatic carbocycles. The number of nitrogens with zero attached hydrogens (tertiary/aromatic N) is 1. The van der Waals surface area contributed by atoms with Crippen molar-refractivity contribution >= 4 is 5.82 Å². The first kappa shape index (κ1) is 11.3. The molecule has 5 nitrogen and oxygen atoms in total. The molecule has 2 heterocycles. The summed E-state index contributed by atoms with van der Waals surface area (Å²) in [6.07, 6.45) is 5.02. The van der Waals surface area contributed by atoms with E-state index in [2.05, 4.69) is 10.4 Å². The lowest BCUT2D eigenvalue weighted by Gasteiger charge is -2.20. The predicted molar refractivity (Wildman–Crippen MR) is 62.3 cm³/mol. The normalized spacial score (nSPS) is 22.2. The van der Waals surface area contributed by atoms with Crippen molar-refractivity contribution in [2.75, 3.05) is 12.3 Å². The third-order valence-corrected chi connectivity index (χ3v) is 2.97. The Morgan fingerprint density at radius 3 is 3.12 bits per heavy atom. The number of nitrogens with two attached hydrogens (primary N) is 2. The van der Waals surface area contributed by atoms with Gasteiger partial charge in [0.05, 0.1) is 12.1 Å². The van der Waals surface area contributed by atoms with Crippen LogP contribution in [0.1, 0.15) is 30.9 Å². The van der Waals surface area contributed by atoms with Crippen LogP contribution in [0.5, 0.6) is 0 Å². The standard InChI is InChI=1S/C11H18N4O/c12-11-9(4-1-5-14-11)10(15-13)7-8-3-2-6-16-8/h1,4-5,8,10,15H,2-3,6-7,13H2,(H2,12,14). The molecule has 0 aromatic carbocycles. The second-order valence-electron chi connectivity index (χ2n) is 4.07. The van der Waals surface area contributed by atoms with E-state index >= 15 is 0 Å². The number of hydrogen-bond donors (Lipinski definition) is 3. The number of anilines is 1. The van der Waals surface area contributed by atoms with Crippen molar-refractivity contribution in [2.45, 2.75) is 31.4 Å². The van der Waals surface area contributed by atoms with Crippen LogP contribution in [0.3, 0.4) is 0 Å². The molecular weight excluding hydrogens is 204 g/mol. The highest BCUT2D eigenvalue weighted by Gasteiger charge is 2.22. The monoisotopic (exact) mass is 222 g/mol. The van der Waals surface area contributed by atoms with Crippen LogP contribution in [-0.4, -0.2) is 17.7 Å². The van der Waals surface area contributed by atoms with E-state index in [9.17, 15) is 0 Å². The minimum atomic E-state index is 0.0109. The average molecular weight is 222 g/mol. The molecule has 0 radical (unpaired) electrons. The Morgan fingerprint density at radius 2 is 2.50 bits per heavy atom. The van der Waals surface area contributed by atoms with E-state index in [1.54, 1.807) is 6.20 Å². The fraction of sp³-hybridized carbons (Fsp3) is 0.545. The van der Waals surface area contributed by atoms with Gasteiger partial charge in [0.1, 0.15) is 5.82 Å². The zero-order chi connectivity index (χ0) is 11.4. The van der Waals surface area contributed by atoms with E-state index in [0.717, 1.165) is 31.4 Å². The van der Waals surface area contributed by atoms with Gasteiger partial charge in [0.2, 0.25) is 0 Å². The Balaban J connectivity index is 2.06. The lowest BCUT2D eigenvalue weighted by Crippen LogP contribution is -2.31. The van der Waals surface area contributed by atoms with Gasteiger partial charge >= 0.3 is 0 Å². The van der Waals surface area contributed by atoms with Gasteiger partial charge in [0, 0.05) is 18.4 Å². The molecule has 16 heavy (non-hydrogen) atoms. The van der Waals surface area contributed by atoms with Crippen LogP contribution in [0.15, 0.2) is 18.3 Å². The van der Waals surface area contributed by atoms with Crippen LogP contribution in [0.2, 0.25) is 0 Å². The van der Waals surface area contributed by atoms with Gasteiger partial charge in [-0.3, -0.25) is 11.3 Å². The molecule has 1 aromatic heterocycles. The minimum absolute atomic E-state index is 0.0109. The molecule has 1 aliphatic heterocycles. The molecule has 1 saturated heterocycles. The summed E-state index contributed by atoms with van der Waals surface area (Å²) in [4.78, 5) is 4.06. The second-order valence-corrected chi connectivity index (χ2v) is 4.07. The lowest BCUT2D eigenvalue weighted by atomic mass is 10.0. The molecular formula is C11H18N4O. The number of nitrogen functional groups attached to an aromatic ring is 1. The number of pyridine rings is 1. The zero-order valence-electron chi connectivity index (χ0n) is 9.23. The summed E-state index contributed by atoms with van der Waals surface area (Å²) in [6.45, 7) is 0.852. The average Bonchev–Trinajstić information content (AvgIpc) is 2.80. The highest BCUT2D eigenvalue weighted by atomic mass is 16.5. The molecule has 1 aliphatic rings. The van der Waals surface area contributed by atoms with Gasteiger partial charge in [-0.2, -0.15) is 0 Å². The summed E-state index contributed by atoms with van der Waals surface area (Å²) in [7, 11) is 0. The molecule has 5 heteroatoms. The third kappa shape index (κ3) is 2.49. The molecule has 5 N–H and O–H groups in total. The van der Waals surface area contributed by atoms with Crippen LogP contribution in [0, 0.1) is 0 Å². The molecule has 0 spiro atoms. The quantitative estimate of drug-likeness (QED) is 0.516. The summed E-state index contributed by atoms with van der Waals surface area (Å²) in [6, 6.07) is 3.82. The highest BCUT2D eigenvalue weighted by Crippen LogP contribution is 2.26. The summed E-state index contributed by atoms with van der Waals surface area (Å²) in [5, 5.41) is 0. The molecule has 0 amide bonds. The first-order chi connectivity index (χ1) is 7.81. The van der Waals surface area contributed by atoms with Crippen LogP contribution >= 0.6 is 0 Å². The first-order valence-corrected chi connectivity index (χ1v) is 5.59. The third-order valence-electron chi connectivity index (χ3n) is 2.97. The number of aromatic nitrogens is 1. The van der Waals surface area contributed by atoms with Gasteiger partial charge < -0.3 is 10.5 Å². The first-order valence-electron chi connectivity index (χ1n) is 5.59. The zero-order valence-corrected chi connectivity index (χ0v) is 9.23. The maximum absolute atomic E-state index is 5.82. The smallest absolute Gasteiger partial charge is 0.128 e. The number of nitrogens with one attached hydrogen (secondary N) is 1. The number of hydrazine groups is 1. The molecule has 2 atom stereocenters. The van der Waals surface area contributed by atoms with E-state index in [0.29, 0.717) is 5.82 Å². The second kappa shape index (κ2) is 5.25. The van der Waals surface area contributed by atoms with Crippen molar-refractivity contribution in [3.63, 3.8) is 0 Å². The van der Waals surface area contributed by atoms with E-state index in [1.807, 2.05) is 12.1 Å². The van der Waals surface area contributed by atoms with Crippen LogP contribution < -0.4 is 17.0 Å². The number of rotatable bonds is 4. The van der Waals surface area contributed by atoms with E-state index in [-0.39, 0.29) is 12.1 Å². The molecule has 1 fully saturated rings. The Kier molecular flexibility index (Phi) is 3.71. The van der Waals surface area contributed by atoms with Gasteiger partial charge in [-0.1, -0.05) is 6.07 Å². The van der Waals surface area contributed by atoms with Gasteiger partial charge in [-0.25, -0.2) is 4.98 Å². The molecule has 2 unspecified atom stereocenters. The maximum atomic E-state index is 5.82. The Hall–Kier alpha value is -1.17. The number of ether oxygens (including phenoxy) is 1. The Labute approximate surface area is 95.1 Å². The minimum Gasteiger partial charge on any atom is -0.383 e. The number of hydrogen-bond acceptors (Lipinski definition) is 5. The van der Waals surface area contributed by atoms with Crippen molar-refractivity contribution in [1.82, 2.24) is 10.4 Å². The van der Waals surface area contributed by atoms with Crippen LogP contribution in [0.25, 0.3) is 0 Å². The Morgan fingerprint density at radius 1 is 1.62 bits per heavy atom. The van der Waals surface area contributed by atoms with Crippen molar-refractivity contribution < 1.29 is 4.74 Å². The summed E-state index contributed by atoms with van der Waals surface area (Å²) < 4.78 is 5.59. The van der Waals surface area contributed by atoms with Gasteiger partial charge in [0.15, 0.2) is 0 Å². The molecule has 1 aromatic rings. The fourth-order valence-corrected chi connectivity index (χ4v) is 2.10. The molecule has 0 saturated carbocycles. The lowest BCUT2D eigenvalue weighted by molar-refractivity contribution is 0.0946.